The van der Waals surface area contributed by atoms with Crippen molar-refractivity contribution < 1.29 is 13.9 Å². The van der Waals surface area contributed by atoms with Gasteiger partial charge in [-0.05, 0) is 12.1 Å². The fourth-order valence-corrected chi connectivity index (χ4v) is 3.74. The maximum atomic E-state index is 9.87. The number of nitrogens with one attached hydrogen (secondary N) is 1. The lowest BCUT2D eigenvalue weighted by Crippen LogP contribution is -2.58. The van der Waals surface area contributed by atoms with Gasteiger partial charge in [0.05, 0.1) is 30.4 Å². The Balaban J connectivity index is 2.35. The van der Waals surface area contributed by atoms with Gasteiger partial charge in [0.15, 0.2) is 11.5 Å². The van der Waals surface area contributed by atoms with Crippen LogP contribution in [0.3, 0.4) is 0 Å². The van der Waals surface area contributed by atoms with Crippen LogP contribution in [0.15, 0.2) is 22.8 Å². The van der Waals surface area contributed by atoms with E-state index in [-0.39, 0.29) is 5.76 Å². The molecule has 7 heteroatoms. The van der Waals surface area contributed by atoms with E-state index < -0.39 is 34.5 Å². The highest BCUT2D eigenvalue weighted by atomic mass is 16.7. The van der Waals surface area contributed by atoms with E-state index >= 15 is 0 Å². The third kappa shape index (κ3) is 1.42. The van der Waals surface area contributed by atoms with Gasteiger partial charge in [0.25, 0.3) is 0 Å². The molecule has 0 amide bonds. The molecule has 1 N–H and O–H groups in total. The van der Waals surface area contributed by atoms with E-state index in [0.29, 0.717) is 6.42 Å². The van der Waals surface area contributed by atoms with Crippen LogP contribution in [0.4, 0.5) is 0 Å². The van der Waals surface area contributed by atoms with Crippen LogP contribution in [-0.2, 0) is 9.47 Å². The van der Waals surface area contributed by atoms with Crippen molar-refractivity contribution in [1.29, 1.82) is 21.2 Å². The minimum atomic E-state index is -1.94. The van der Waals surface area contributed by atoms with Gasteiger partial charge in [0.2, 0.25) is 17.1 Å². The Morgan fingerprint density at radius 3 is 2.43 bits per heavy atom. The Kier molecular flexibility index (Phi) is 3.01. The summed E-state index contributed by atoms with van der Waals surface area (Å²) in [5, 5.41) is 37.7. The molecule has 1 aromatic rings. The molecule has 1 aromatic heterocycles. The zero-order valence-electron chi connectivity index (χ0n) is 12.7. The van der Waals surface area contributed by atoms with Gasteiger partial charge in [-0.3, -0.25) is 5.41 Å². The molecule has 0 unspecified atom stereocenters. The molecule has 116 valence electrons. The lowest BCUT2D eigenvalue weighted by molar-refractivity contribution is -0.283. The summed E-state index contributed by atoms with van der Waals surface area (Å²) in [4.78, 5) is 0. The first-order valence-electron chi connectivity index (χ1n) is 7.21. The molecule has 2 aliphatic rings. The summed E-state index contributed by atoms with van der Waals surface area (Å²) in [5.41, 5.74) is -3.66. The minimum absolute atomic E-state index is 0.260. The van der Waals surface area contributed by atoms with Crippen molar-refractivity contribution in [3.05, 3.63) is 24.2 Å². The highest BCUT2D eigenvalue weighted by Gasteiger charge is 2.79. The highest BCUT2D eigenvalue weighted by Crippen LogP contribution is 2.66. The number of nitriles is 3. The van der Waals surface area contributed by atoms with Gasteiger partial charge in [0.1, 0.15) is 5.76 Å². The van der Waals surface area contributed by atoms with E-state index in [1.165, 1.54) is 6.26 Å². The SMILES string of the molecule is CC[C@@]12OC(=N)[C@@](C#N)([C@H]1C)C(C#N)(C#N)[C@@H](c1ccco1)O2. The van der Waals surface area contributed by atoms with E-state index in [9.17, 15) is 15.8 Å². The highest BCUT2D eigenvalue weighted by molar-refractivity contribution is 5.89. The third-order valence-corrected chi connectivity index (χ3v) is 5.10. The molecule has 0 spiro atoms. The average Bonchev–Trinajstić information content (AvgIpc) is 3.14. The van der Waals surface area contributed by atoms with Gasteiger partial charge < -0.3 is 13.9 Å². The summed E-state index contributed by atoms with van der Waals surface area (Å²) < 4.78 is 17.0. The lowest BCUT2D eigenvalue weighted by Gasteiger charge is -2.47. The molecule has 2 saturated heterocycles. The largest absolute Gasteiger partial charge is 0.466 e. The number of rotatable bonds is 2. The molecule has 0 aliphatic carbocycles. The minimum Gasteiger partial charge on any atom is -0.466 e. The van der Waals surface area contributed by atoms with E-state index in [1.54, 1.807) is 19.1 Å². The zero-order chi connectivity index (χ0) is 16.9. The van der Waals surface area contributed by atoms with Crippen LogP contribution >= 0.6 is 0 Å². The maximum Gasteiger partial charge on any atom is 0.217 e. The Hall–Kier alpha value is -2.82. The van der Waals surface area contributed by atoms with E-state index in [2.05, 4.69) is 0 Å². The molecule has 0 radical (unpaired) electrons. The van der Waals surface area contributed by atoms with Crippen LogP contribution in [0.25, 0.3) is 0 Å². The van der Waals surface area contributed by atoms with Crippen LogP contribution in [0.1, 0.15) is 32.1 Å². The molecule has 3 rings (SSSR count). The van der Waals surface area contributed by atoms with Crippen molar-refractivity contribution in [2.45, 2.75) is 32.2 Å². The molecule has 4 atom stereocenters. The van der Waals surface area contributed by atoms with Crippen molar-refractivity contribution >= 4 is 5.90 Å². The first kappa shape index (κ1) is 15.1. The molecule has 7 nitrogen and oxygen atoms in total. The first-order chi connectivity index (χ1) is 11.0. The number of nitrogens with zero attached hydrogens (tertiary/aromatic N) is 3. The smallest absolute Gasteiger partial charge is 0.217 e. The first-order valence-corrected chi connectivity index (χ1v) is 7.21. The lowest BCUT2D eigenvalue weighted by atomic mass is 9.54. The number of hydrogen-bond donors (Lipinski definition) is 1. The second-order valence-corrected chi connectivity index (χ2v) is 5.78. The predicted octanol–water partition coefficient (Wildman–Crippen LogP) is 2.64. The second-order valence-electron chi connectivity index (χ2n) is 5.78. The van der Waals surface area contributed by atoms with Crippen LogP contribution < -0.4 is 0 Å². The van der Waals surface area contributed by atoms with Gasteiger partial charge in [0, 0.05) is 6.42 Å². The van der Waals surface area contributed by atoms with Crippen LogP contribution in [-0.4, -0.2) is 11.7 Å². The van der Waals surface area contributed by atoms with Crippen LogP contribution in [0, 0.1) is 56.2 Å². The standard InChI is InChI=1S/C16H14N4O3/c1-3-16-10(2)15(9-19,13(20)23-16)14(7-17,8-18)12(22-16)11-5-4-6-21-11/h4-6,10,12,20H,3H2,1-2H3/t10-,12-,15-,16-/m1/s1. The molecule has 0 aromatic carbocycles. The Morgan fingerprint density at radius 2 is 1.96 bits per heavy atom. The number of ether oxygens (including phenoxy) is 2. The van der Waals surface area contributed by atoms with Gasteiger partial charge in [-0.1, -0.05) is 13.8 Å². The average molecular weight is 310 g/mol. The van der Waals surface area contributed by atoms with Crippen LogP contribution in [0.2, 0.25) is 0 Å². The third-order valence-electron chi connectivity index (χ3n) is 5.10. The zero-order valence-corrected chi connectivity index (χ0v) is 12.7. The van der Waals surface area contributed by atoms with E-state index in [1.807, 2.05) is 25.1 Å². The fourth-order valence-electron chi connectivity index (χ4n) is 3.74. The fraction of sp³-hybridized carbons (Fsp3) is 0.500. The predicted molar refractivity (Wildman–Crippen MR) is 75.2 cm³/mol. The van der Waals surface area contributed by atoms with Gasteiger partial charge in [-0.2, -0.15) is 15.8 Å². The summed E-state index contributed by atoms with van der Waals surface area (Å²) in [6.07, 6.45) is 0.651. The molecule has 2 bridgehead atoms. The van der Waals surface area contributed by atoms with Crippen molar-refractivity contribution in [2.24, 2.45) is 16.7 Å². The quantitative estimate of drug-likeness (QED) is 0.894. The van der Waals surface area contributed by atoms with Gasteiger partial charge in [-0.15, -0.1) is 0 Å². The monoisotopic (exact) mass is 310 g/mol. The summed E-state index contributed by atoms with van der Waals surface area (Å²) in [6.45, 7) is 3.48. The van der Waals surface area contributed by atoms with Crippen molar-refractivity contribution in [1.82, 2.24) is 0 Å². The Bertz CT molecular complexity index is 768. The Labute approximate surface area is 133 Å². The van der Waals surface area contributed by atoms with Crippen molar-refractivity contribution in [2.75, 3.05) is 0 Å². The summed E-state index contributed by atoms with van der Waals surface area (Å²) in [7, 11) is 0. The molecular formula is C16H14N4O3. The normalized spacial score (nSPS) is 37.3. The molecule has 2 fully saturated rings. The topological polar surface area (TPSA) is 127 Å². The van der Waals surface area contributed by atoms with Crippen molar-refractivity contribution in [3.63, 3.8) is 0 Å². The molecule has 0 saturated carbocycles. The summed E-state index contributed by atoms with van der Waals surface area (Å²) >= 11 is 0. The van der Waals surface area contributed by atoms with E-state index in [0.717, 1.165) is 0 Å². The number of hydrogen-bond acceptors (Lipinski definition) is 7. The molecule has 2 aliphatic heterocycles. The molecular weight excluding hydrogens is 296 g/mol. The summed E-state index contributed by atoms with van der Waals surface area (Å²) in [5.74, 6) is -2.02. The van der Waals surface area contributed by atoms with Crippen LogP contribution in [0.5, 0.6) is 0 Å². The van der Waals surface area contributed by atoms with Crippen molar-refractivity contribution in [3.8, 4) is 18.2 Å². The maximum absolute atomic E-state index is 9.87. The second kappa shape index (κ2) is 4.59. The number of furan rings is 1. The molecule has 23 heavy (non-hydrogen) atoms. The Morgan fingerprint density at radius 1 is 1.26 bits per heavy atom. The molecule has 3 heterocycles. The van der Waals surface area contributed by atoms with Gasteiger partial charge in [-0.25, -0.2) is 0 Å². The van der Waals surface area contributed by atoms with E-state index in [4.69, 9.17) is 19.3 Å². The number of fused-ring (bicyclic) bond motifs is 2. The summed E-state index contributed by atoms with van der Waals surface area (Å²) in [6, 6.07) is 9.11. The van der Waals surface area contributed by atoms with Gasteiger partial charge >= 0.3 is 0 Å².